The van der Waals surface area contributed by atoms with Gasteiger partial charge in [-0.15, -0.1) is 0 Å². The van der Waals surface area contributed by atoms with E-state index in [-0.39, 0.29) is 43.8 Å². The summed E-state index contributed by atoms with van der Waals surface area (Å²) in [4.78, 5) is 55.8. The molecule has 1 heterocycles. The Morgan fingerprint density at radius 2 is 1.60 bits per heavy atom. The van der Waals surface area contributed by atoms with Crippen molar-refractivity contribution >= 4 is 30.0 Å². The average Bonchev–Trinajstić information content (AvgIpc) is 3.42. The molecule has 0 fully saturated rings. The number of nitrogens with one attached hydrogen (secondary N) is 1. The van der Waals surface area contributed by atoms with Gasteiger partial charge in [-0.1, -0.05) is 66.7 Å². The number of carboxylic acids is 1. The molecule has 3 rings (SSSR count). The Labute approximate surface area is 231 Å². The minimum Gasteiger partial charge on any atom is -0.483 e. The van der Waals surface area contributed by atoms with Crippen LogP contribution in [0, 0.1) is 5.92 Å². The van der Waals surface area contributed by atoms with Crippen molar-refractivity contribution in [3.63, 3.8) is 0 Å². The summed E-state index contributed by atoms with van der Waals surface area (Å²) < 4.78 is 5.39. The van der Waals surface area contributed by atoms with Crippen molar-refractivity contribution in [3.05, 3.63) is 66.4 Å². The van der Waals surface area contributed by atoms with Gasteiger partial charge >= 0.3 is 5.97 Å². The minimum absolute atomic E-state index is 0.0242. The maximum absolute atomic E-state index is 12.6. The highest BCUT2D eigenvalue weighted by atomic mass is 16.5. The van der Waals surface area contributed by atoms with E-state index in [0.29, 0.717) is 24.3 Å². The lowest BCUT2D eigenvalue weighted by Crippen LogP contribution is -2.42. The number of primary amides is 1. The van der Waals surface area contributed by atoms with Crippen molar-refractivity contribution in [1.82, 2.24) is 10.5 Å². The van der Waals surface area contributed by atoms with E-state index < -0.39 is 23.8 Å². The summed E-state index contributed by atoms with van der Waals surface area (Å²) >= 11 is 0. The van der Waals surface area contributed by atoms with Gasteiger partial charge in [-0.3, -0.25) is 24.0 Å². The van der Waals surface area contributed by atoms with E-state index in [0.717, 1.165) is 16.7 Å². The van der Waals surface area contributed by atoms with Gasteiger partial charge in [-0.2, -0.15) is 0 Å². The molecule has 2 amide bonds. The highest BCUT2D eigenvalue weighted by Crippen LogP contribution is 2.25. The molecule has 5 N–H and O–H groups in total. The first kappa shape index (κ1) is 31.4. The van der Waals surface area contributed by atoms with Gasteiger partial charge in [0.25, 0.3) is 6.47 Å². The van der Waals surface area contributed by atoms with E-state index in [1.807, 2.05) is 54.6 Å². The topological polar surface area (TPSA) is 190 Å². The number of carbonyl (C=O) groups is 5. The van der Waals surface area contributed by atoms with Gasteiger partial charge in [-0.25, -0.2) is 0 Å². The zero-order valence-electron chi connectivity index (χ0n) is 22.1. The summed E-state index contributed by atoms with van der Waals surface area (Å²) in [6.45, 7) is 1.49. The molecule has 11 nitrogen and oxygen atoms in total. The van der Waals surface area contributed by atoms with Crippen LogP contribution in [0.3, 0.4) is 0 Å². The van der Waals surface area contributed by atoms with Crippen LogP contribution >= 0.6 is 0 Å². The average molecular weight is 552 g/mol. The first-order valence-electron chi connectivity index (χ1n) is 12.7. The highest BCUT2D eigenvalue weighted by molar-refractivity contribution is 5.92. The summed E-state index contributed by atoms with van der Waals surface area (Å²) in [6.07, 6.45) is 0.220. The zero-order valence-corrected chi connectivity index (χ0v) is 22.1. The fourth-order valence-electron chi connectivity index (χ4n) is 3.97. The standard InChI is InChI=1S/C28H31N3O6.CH2O2/c1-2-23(25(32)16-21(28(29)36)12-15-27(34)35)30-26(33)14-13-22-17-24(31-37-22)20-10-8-19(9-11-20)18-6-4-3-5-7-18;2-1-3/h3-11,17,21,23H,2,12-16H2,1H3,(H2,29,36)(H,30,33)(H,34,35);1H,(H,2,3)/t21-,23+;/m1./s1. The number of aliphatic carboxylic acids is 1. The third kappa shape index (κ3) is 10.2. The number of aryl methyl sites for hydroxylation is 1. The second kappa shape index (κ2) is 16.2. The number of rotatable bonds is 14. The van der Waals surface area contributed by atoms with Crippen LogP contribution in [0.25, 0.3) is 22.4 Å². The van der Waals surface area contributed by atoms with E-state index in [1.165, 1.54) is 0 Å². The summed E-state index contributed by atoms with van der Waals surface area (Å²) in [5.74, 6) is -2.84. The summed E-state index contributed by atoms with van der Waals surface area (Å²) in [5, 5.41) is 22.5. The fourth-order valence-corrected chi connectivity index (χ4v) is 3.97. The van der Waals surface area contributed by atoms with Crippen molar-refractivity contribution in [2.45, 2.75) is 51.5 Å². The number of hydrogen-bond acceptors (Lipinski definition) is 7. The molecular formula is C29H33N3O8. The second-order valence-corrected chi connectivity index (χ2v) is 8.96. The van der Waals surface area contributed by atoms with Crippen LogP contribution in [-0.2, 0) is 30.4 Å². The highest BCUT2D eigenvalue weighted by Gasteiger charge is 2.26. The number of amides is 2. The van der Waals surface area contributed by atoms with Crippen molar-refractivity contribution in [3.8, 4) is 22.4 Å². The summed E-state index contributed by atoms with van der Waals surface area (Å²) in [5.41, 5.74) is 9.08. The SMILES string of the molecule is CC[C@H](NC(=O)CCc1cc(-c2ccc(-c3ccccc3)cc2)no1)C(=O)C[C@@H](CCC(=O)O)C(N)=O.O=CO. The molecule has 11 heteroatoms. The Bertz CT molecular complexity index is 1270. The molecule has 0 radical (unpaired) electrons. The number of nitrogens with zero attached hydrogens (tertiary/aromatic N) is 1. The number of aromatic nitrogens is 1. The lowest BCUT2D eigenvalue weighted by Gasteiger charge is -2.18. The Morgan fingerprint density at radius 3 is 2.17 bits per heavy atom. The molecule has 2 aromatic carbocycles. The van der Waals surface area contributed by atoms with Gasteiger partial charge in [0.05, 0.1) is 6.04 Å². The molecule has 0 saturated heterocycles. The number of Topliss-reactive ketones (excluding diaryl/α,β-unsaturated/α-hetero) is 1. The number of carbonyl (C=O) groups excluding carboxylic acids is 3. The number of hydrogen-bond donors (Lipinski definition) is 4. The predicted molar refractivity (Wildman–Crippen MR) is 146 cm³/mol. The summed E-state index contributed by atoms with van der Waals surface area (Å²) in [7, 11) is 0. The monoisotopic (exact) mass is 551 g/mol. The van der Waals surface area contributed by atoms with Crippen LogP contribution in [0.2, 0.25) is 0 Å². The molecule has 212 valence electrons. The van der Waals surface area contributed by atoms with Crippen molar-refractivity contribution in [2.75, 3.05) is 0 Å². The first-order chi connectivity index (χ1) is 19.2. The smallest absolute Gasteiger partial charge is 0.303 e. The van der Waals surface area contributed by atoms with Crippen LogP contribution in [0.4, 0.5) is 0 Å². The molecule has 0 spiro atoms. The predicted octanol–water partition coefficient (Wildman–Crippen LogP) is 3.46. The van der Waals surface area contributed by atoms with Gasteiger partial charge in [0.15, 0.2) is 5.78 Å². The number of benzene rings is 2. The van der Waals surface area contributed by atoms with Gasteiger partial charge in [0, 0.05) is 43.2 Å². The van der Waals surface area contributed by atoms with Gasteiger partial charge in [-0.05, 0) is 24.0 Å². The number of carboxylic acid groups (broad SMARTS) is 2. The lowest BCUT2D eigenvalue weighted by molar-refractivity contribution is -0.138. The molecule has 0 aliphatic rings. The number of nitrogens with two attached hydrogens (primary N) is 1. The largest absolute Gasteiger partial charge is 0.483 e. The van der Waals surface area contributed by atoms with Gasteiger partial charge < -0.3 is 25.8 Å². The molecule has 0 saturated carbocycles. The Morgan fingerprint density at radius 1 is 1.00 bits per heavy atom. The van der Waals surface area contributed by atoms with Gasteiger partial charge in [0.2, 0.25) is 11.8 Å². The molecular weight excluding hydrogens is 518 g/mol. The Hall–Kier alpha value is -4.80. The summed E-state index contributed by atoms with van der Waals surface area (Å²) in [6, 6.07) is 19.0. The Balaban J connectivity index is 0.00000178. The van der Waals surface area contributed by atoms with E-state index in [9.17, 15) is 19.2 Å². The fraction of sp³-hybridized carbons (Fsp3) is 0.310. The maximum atomic E-state index is 12.6. The molecule has 2 atom stereocenters. The molecule has 0 unspecified atom stereocenters. The van der Waals surface area contributed by atoms with Crippen molar-refractivity contribution < 1.29 is 38.7 Å². The van der Waals surface area contributed by atoms with Crippen molar-refractivity contribution in [2.24, 2.45) is 11.7 Å². The third-order valence-electron chi connectivity index (χ3n) is 6.13. The quantitative estimate of drug-likeness (QED) is 0.217. The van der Waals surface area contributed by atoms with Crippen LogP contribution in [0.5, 0.6) is 0 Å². The van der Waals surface area contributed by atoms with E-state index in [4.69, 9.17) is 25.3 Å². The maximum Gasteiger partial charge on any atom is 0.303 e. The van der Waals surface area contributed by atoms with Crippen LogP contribution in [-0.4, -0.2) is 51.5 Å². The van der Waals surface area contributed by atoms with E-state index in [1.54, 1.807) is 13.0 Å². The Kier molecular flexibility index (Phi) is 12.7. The molecule has 40 heavy (non-hydrogen) atoms. The lowest BCUT2D eigenvalue weighted by atomic mass is 9.93. The molecule has 1 aromatic heterocycles. The molecule has 3 aromatic rings. The first-order valence-corrected chi connectivity index (χ1v) is 12.7. The van der Waals surface area contributed by atoms with Crippen LogP contribution in [0.15, 0.2) is 65.2 Å². The van der Waals surface area contributed by atoms with E-state index in [2.05, 4.69) is 10.5 Å². The van der Waals surface area contributed by atoms with Crippen LogP contribution in [0.1, 0.15) is 44.8 Å². The molecule has 0 aliphatic heterocycles. The van der Waals surface area contributed by atoms with E-state index >= 15 is 0 Å². The number of ketones is 1. The normalized spacial score (nSPS) is 11.8. The zero-order chi connectivity index (χ0) is 29.5. The van der Waals surface area contributed by atoms with Crippen molar-refractivity contribution in [1.29, 1.82) is 0 Å². The molecule has 0 aliphatic carbocycles. The molecule has 0 bridgehead atoms. The second-order valence-electron chi connectivity index (χ2n) is 8.96. The minimum atomic E-state index is -1.07. The third-order valence-corrected chi connectivity index (χ3v) is 6.13. The van der Waals surface area contributed by atoms with Gasteiger partial charge in [0.1, 0.15) is 11.5 Å². The van der Waals surface area contributed by atoms with Crippen LogP contribution < -0.4 is 11.1 Å².